The average Bonchev–Trinajstić information content (AvgIpc) is 1.69. The molecule has 0 fully saturated rings. The molecule has 1 aliphatic heterocycles. The molecule has 0 aromatic heterocycles. The Kier molecular flexibility index (Phi) is 1.06. The Hall–Kier alpha value is -0.860. The predicted molar refractivity (Wildman–Crippen MR) is 24.5 cm³/mol. The highest BCUT2D eigenvalue weighted by Crippen LogP contribution is 1.87. The van der Waals surface area contributed by atoms with E-state index in [1.54, 1.807) is 0 Å². The largest absolute Gasteiger partial charge is 0.273 e. The third-order valence-electron chi connectivity index (χ3n) is 0.608. The summed E-state index contributed by atoms with van der Waals surface area (Å²) < 4.78 is 0. The first-order valence-electron chi connectivity index (χ1n) is 1.93. The number of carbonyl (C=O) groups is 1. The number of nitrogens with one attached hydrogen (secondary N) is 1. The van der Waals surface area contributed by atoms with Crippen molar-refractivity contribution < 1.29 is 4.79 Å². The van der Waals surface area contributed by atoms with E-state index in [4.69, 9.17) is 0 Å². The Morgan fingerprint density at radius 2 is 2.86 bits per heavy atom. The predicted octanol–water partition coefficient (Wildman–Crippen LogP) is -0.427. The van der Waals surface area contributed by atoms with Gasteiger partial charge in [-0.2, -0.15) is 5.10 Å². The first-order valence-corrected chi connectivity index (χ1v) is 1.93. The summed E-state index contributed by atoms with van der Waals surface area (Å²) in [6, 6.07) is 0. The van der Waals surface area contributed by atoms with E-state index in [2.05, 4.69) is 16.9 Å². The van der Waals surface area contributed by atoms with Crippen molar-refractivity contribution in [2.45, 2.75) is 6.42 Å². The number of carbonyl (C=O) groups excluding carboxylic acids is 1. The van der Waals surface area contributed by atoms with Gasteiger partial charge in [0.25, 0.3) is 0 Å². The molecule has 0 saturated heterocycles. The molecule has 0 bridgehead atoms. The summed E-state index contributed by atoms with van der Waals surface area (Å²) >= 11 is 0. The second-order valence-electron chi connectivity index (χ2n) is 1.17. The van der Waals surface area contributed by atoms with Crippen LogP contribution in [0.1, 0.15) is 6.42 Å². The lowest BCUT2D eigenvalue weighted by molar-refractivity contribution is -0.120. The molecule has 0 spiro atoms. The zero-order chi connectivity index (χ0) is 5.11. The maximum absolute atomic E-state index is 10.2. The van der Waals surface area contributed by atoms with Crippen LogP contribution in [0.3, 0.4) is 0 Å². The fraction of sp³-hybridized carbons (Fsp3) is 0.250. The number of hydrogen-bond donors (Lipinski definition) is 1. The normalized spacial score (nSPS) is 19.1. The summed E-state index contributed by atoms with van der Waals surface area (Å²) in [7, 11) is 0. The summed E-state index contributed by atoms with van der Waals surface area (Å²) in [6.07, 6.45) is 4.41. The highest BCUT2D eigenvalue weighted by Gasteiger charge is 2.00. The minimum Gasteiger partial charge on any atom is -0.273 e. The molecule has 0 atom stereocenters. The fourth-order valence-corrected chi connectivity index (χ4v) is 0.328. The van der Waals surface area contributed by atoms with Crippen LogP contribution in [-0.4, -0.2) is 12.1 Å². The summed E-state index contributed by atoms with van der Waals surface area (Å²) in [5.74, 6) is -0.0949. The number of nitrogens with zero attached hydrogens (tertiary/aromatic N) is 1. The highest BCUT2D eigenvalue weighted by molar-refractivity contribution is 5.86. The van der Waals surface area contributed by atoms with Crippen LogP contribution >= 0.6 is 0 Å². The molecule has 1 rings (SSSR count). The Labute approximate surface area is 41.4 Å². The molecule has 3 heteroatoms. The number of hydrazone groups is 1. The standard InChI is InChI=1S/C4H4N2O/c7-4-2-1-3-5-6-4/h3H,2H2,(H,6,7). The minimum absolute atomic E-state index is 0.0949. The van der Waals surface area contributed by atoms with Gasteiger partial charge in [0.05, 0.1) is 0 Å². The molecular formula is C4H4N2O. The lowest BCUT2D eigenvalue weighted by Crippen LogP contribution is -2.20. The molecule has 2 radical (unpaired) electrons. The third-order valence-corrected chi connectivity index (χ3v) is 0.608. The van der Waals surface area contributed by atoms with Crippen LogP contribution in [0.4, 0.5) is 0 Å². The summed E-state index contributed by atoms with van der Waals surface area (Å²) in [6.45, 7) is 0. The molecule has 0 aliphatic carbocycles. The van der Waals surface area contributed by atoms with E-state index in [1.807, 2.05) is 0 Å². The van der Waals surface area contributed by atoms with Crippen molar-refractivity contribution in [2.75, 3.05) is 0 Å². The monoisotopic (exact) mass is 96.0 g/mol. The Morgan fingerprint density at radius 1 is 2.00 bits per heavy atom. The van der Waals surface area contributed by atoms with Crippen molar-refractivity contribution in [1.82, 2.24) is 5.43 Å². The van der Waals surface area contributed by atoms with Crippen molar-refractivity contribution in [3.05, 3.63) is 6.42 Å². The van der Waals surface area contributed by atoms with Crippen molar-refractivity contribution in [3.63, 3.8) is 0 Å². The molecule has 1 aliphatic rings. The van der Waals surface area contributed by atoms with Crippen LogP contribution in [0.5, 0.6) is 0 Å². The van der Waals surface area contributed by atoms with Gasteiger partial charge in [-0.25, -0.2) is 5.43 Å². The molecule has 7 heavy (non-hydrogen) atoms. The van der Waals surface area contributed by atoms with E-state index in [0.29, 0.717) is 6.42 Å². The van der Waals surface area contributed by atoms with Crippen LogP contribution in [0.2, 0.25) is 0 Å². The van der Waals surface area contributed by atoms with E-state index < -0.39 is 0 Å². The zero-order valence-corrected chi connectivity index (χ0v) is 3.64. The highest BCUT2D eigenvalue weighted by atomic mass is 16.2. The molecule has 0 saturated carbocycles. The Morgan fingerprint density at radius 3 is 3.14 bits per heavy atom. The van der Waals surface area contributed by atoms with Gasteiger partial charge >= 0.3 is 0 Å². The van der Waals surface area contributed by atoms with Crippen molar-refractivity contribution >= 4 is 12.1 Å². The summed E-state index contributed by atoms with van der Waals surface area (Å²) in [5, 5.41) is 3.42. The average molecular weight is 96.1 g/mol. The van der Waals surface area contributed by atoms with Crippen LogP contribution in [-0.2, 0) is 4.79 Å². The smallest absolute Gasteiger partial charge is 0.241 e. The van der Waals surface area contributed by atoms with E-state index in [9.17, 15) is 4.79 Å². The lowest BCUT2D eigenvalue weighted by atomic mass is 10.3. The Bertz CT molecular complexity index is 108. The molecule has 1 amide bonds. The lowest BCUT2D eigenvalue weighted by Gasteiger charge is -1.99. The van der Waals surface area contributed by atoms with Gasteiger partial charge in [0, 0.05) is 19.1 Å². The van der Waals surface area contributed by atoms with Crippen LogP contribution in [0.25, 0.3) is 0 Å². The molecular weight excluding hydrogens is 92.1 g/mol. The van der Waals surface area contributed by atoms with E-state index in [-0.39, 0.29) is 5.91 Å². The van der Waals surface area contributed by atoms with Gasteiger partial charge in [-0.1, -0.05) is 0 Å². The summed E-state index contributed by atoms with van der Waals surface area (Å²) in [4.78, 5) is 10.2. The van der Waals surface area contributed by atoms with Gasteiger partial charge in [0.2, 0.25) is 5.91 Å². The summed E-state index contributed by atoms with van der Waals surface area (Å²) in [5.41, 5.74) is 2.25. The second-order valence-corrected chi connectivity index (χ2v) is 1.17. The van der Waals surface area contributed by atoms with Gasteiger partial charge in [-0.05, 0) is 0 Å². The van der Waals surface area contributed by atoms with Crippen molar-refractivity contribution in [2.24, 2.45) is 5.10 Å². The van der Waals surface area contributed by atoms with E-state index in [0.717, 1.165) is 0 Å². The van der Waals surface area contributed by atoms with E-state index >= 15 is 0 Å². The number of hydrogen-bond acceptors (Lipinski definition) is 2. The van der Waals surface area contributed by atoms with Crippen LogP contribution in [0, 0.1) is 6.42 Å². The SMILES string of the molecule is O=C1C[C]C=NN1. The van der Waals surface area contributed by atoms with Gasteiger partial charge in [-0.3, -0.25) is 4.79 Å². The second kappa shape index (κ2) is 1.73. The first kappa shape index (κ1) is 4.30. The molecule has 0 aromatic carbocycles. The molecule has 0 unspecified atom stereocenters. The number of rotatable bonds is 0. The van der Waals surface area contributed by atoms with Gasteiger partial charge in [0.1, 0.15) is 0 Å². The van der Waals surface area contributed by atoms with Crippen molar-refractivity contribution in [1.29, 1.82) is 0 Å². The van der Waals surface area contributed by atoms with Crippen LogP contribution < -0.4 is 5.43 Å². The van der Waals surface area contributed by atoms with Gasteiger partial charge in [0.15, 0.2) is 0 Å². The van der Waals surface area contributed by atoms with Crippen LogP contribution in [0.15, 0.2) is 5.10 Å². The van der Waals surface area contributed by atoms with Gasteiger partial charge in [-0.15, -0.1) is 0 Å². The Balaban J connectivity index is 2.47. The molecule has 3 nitrogen and oxygen atoms in total. The quantitative estimate of drug-likeness (QED) is 0.437. The zero-order valence-electron chi connectivity index (χ0n) is 3.64. The molecule has 1 heterocycles. The first-order chi connectivity index (χ1) is 3.39. The maximum atomic E-state index is 10.2. The van der Waals surface area contributed by atoms with Crippen molar-refractivity contribution in [3.8, 4) is 0 Å². The fourth-order valence-electron chi connectivity index (χ4n) is 0.328. The molecule has 0 aromatic rings. The van der Waals surface area contributed by atoms with E-state index in [1.165, 1.54) is 6.21 Å². The number of amides is 1. The van der Waals surface area contributed by atoms with Gasteiger partial charge < -0.3 is 0 Å². The maximum Gasteiger partial charge on any atom is 0.241 e. The minimum atomic E-state index is -0.0949. The molecule has 1 N–H and O–H groups in total. The topological polar surface area (TPSA) is 41.5 Å². The molecule has 36 valence electrons. The third kappa shape index (κ3) is 0.994.